The lowest BCUT2D eigenvalue weighted by Crippen LogP contribution is -2.26. The average Bonchev–Trinajstić information content (AvgIpc) is 2.91. The van der Waals surface area contributed by atoms with E-state index in [1.807, 2.05) is 12.1 Å². The van der Waals surface area contributed by atoms with Gasteiger partial charge in [0.25, 0.3) is 0 Å². The van der Waals surface area contributed by atoms with E-state index in [1.165, 1.54) is 37.8 Å². The SMILES string of the molecule is O=C(CCC1CCCOC1)Nc1ccccc1N1CCCCCC1. The molecule has 1 aromatic rings. The summed E-state index contributed by atoms with van der Waals surface area (Å²) >= 11 is 0. The van der Waals surface area contributed by atoms with Gasteiger partial charge in [-0.3, -0.25) is 4.79 Å². The summed E-state index contributed by atoms with van der Waals surface area (Å²) in [6, 6.07) is 8.24. The highest BCUT2D eigenvalue weighted by Crippen LogP contribution is 2.28. The van der Waals surface area contributed by atoms with Crippen LogP contribution in [0.25, 0.3) is 0 Å². The molecule has 4 nitrogen and oxygen atoms in total. The molecule has 1 atom stereocenters. The van der Waals surface area contributed by atoms with Gasteiger partial charge in [-0.1, -0.05) is 25.0 Å². The third-order valence-corrected chi connectivity index (χ3v) is 5.16. The third-order valence-electron chi connectivity index (χ3n) is 5.16. The number of amides is 1. The van der Waals surface area contributed by atoms with Crippen molar-refractivity contribution in [1.82, 2.24) is 0 Å². The molecular formula is C20H30N2O2. The van der Waals surface area contributed by atoms with Gasteiger partial charge in [0.15, 0.2) is 0 Å². The molecule has 3 rings (SSSR count). The minimum absolute atomic E-state index is 0.128. The molecule has 2 saturated heterocycles. The lowest BCUT2D eigenvalue weighted by atomic mass is 9.97. The Morgan fingerprint density at radius 3 is 2.67 bits per heavy atom. The van der Waals surface area contributed by atoms with Crippen LogP contribution < -0.4 is 10.2 Å². The molecule has 0 bridgehead atoms. The maximum atomic E-state index is 12.4. The van der Waals surface area contributed by atoms with Crippen molar-refractivity contribution in [2.24, 2.45) is 5.92 Å². The van der Waals surface area contributed by atoms with E-state index in [0.717, 1.165) is 44.8 Å². The first-order chi connectivity index (χ1) is 11.8. The van der Waals surface area contributed by atoms with Crippen molar-refractivity contribution in [2.45, 2.75) is 51.4 Å². The molecule has 2 aliphatic heterocycles. The van der Waals surface area contributed by atoms with Gasteiger partial charge in [0.1, 0.15) is 0 Å². The van der Waals surface area contributed by atoms with Crippen molar-refractivity contribution < 1.29 is 9.53 Å². The summed E-state index contributed by atoms with van der Waals surface area (Å²) in [5, 5.41) is 3.15. The fourth-order valence-electron chi connectivity index (χ4n) is 3.75. The zero-order valence-electron chi connectivity index (χ0n) is 14.6. The van der Waals surface area contributed by atoms with Crippen LogP contribution in [-0.4, -0.2) is 32.2 Å². The van der Waals surface area contributed by atoms with Crippen LogP contribution in [0.3, 0.4) is 0 Å². The van der Waals surface area contributed by atoms with E-state index < -0.39 is 0 Å². The van der Waals surface area contributed by atoms with Crippen molar-refractivity contribution >= 4 is 17.3 Å². The normalized spacial score (nSPS) is 22.0. The first-order valence-corrected chi connectivity index (χ1v) is 9.54. The molecule has 0 aromatic heterocycles. The third kappa shape index (κ3) is 4.97. The van der Waals surface area contributed by atoms with Gasteiger partial charge in [-0.05, 0) is 50.2 Å². The van der Waals surface area contributed by atoms with Crippen molar-refractivity contribution in [3.8, 4) is 0 Å². The smallest absolute Gasteiger partial charge is 0.224 e. The molecule has 1 unspecified atom stereocenters. The first kappa shape index (κ1) is 17.3. The molecule has 4 heteroatoms. The summed E-state index contributed by atoms with van der Waals surface area (Å²) in [6.45, 7) is 3.88. The van der Waals surface area contributed by atoms with E-state index >= 15 is 0 Å². The predicted molar refractivity (Wildman–Crippen MR) is 98.5 cm³/mol. The molecule has 0 saturated carbocycles. The van der Waals surface area contributed by atoms with Crippen molar-refractivity contribution in [3.05, 3.63) is 24.3 Å². The Labute approximate surface area is 145 Å². The molecule has 2 heterocycles. The Morgan fingerprint density at radius 2 is 1.92 bits per heavy atom. The minimum Gasteiger partial charge on any atom is -0.381 e. The standard InChI is InChI=1S/C20H30N2O2/c23-20(12-11-17-8-7-15-24-16-17)21-18-9-3-4-10-19(18)22-13-5-1-2-6-14-22/h3-4,9-10,17H,1-2,5-8,11-16H2,(H,21,23). The second-order valence-electron chi connectivity index (χ2n) is 7.09. The van der Waals surface area contributed by atoms with E-state index in [1.54, 1.807) is 0 Å². The van der Waals surface area contributed by atoms with Crippen molar-refractivity contribution in [2.75, 3.05) is 36.5 Å². The zero-order chi connectivity index (χ0) is 16.6. The summed E-state index contributed by atoms with van der Waals surface area (Å²) in [4.78, 5) is 14.8. The summed E-state index contributed by atoms with van der Waals surface area (Å²) in [7, 11) is 0. The van der Waals surface area contributed by atoms with Crippen LogP contribution in [0.1, 0.15) is 51.4 Å². The van der Waals surface area contributed by atoms with Gasteiger partial charge in [-0.2, -0.15) is 0 Å². The highest BCUT2D eigenvalue weighted by Gasteiger charge is 2.17. The van der Waals surface area contributed by atoms with E-state index in [0.29, 0.717) is 12.3 Å². The number of anilines is 2. The quantitative estimate of drug-likeness (QED) is 0.879. The lowest BCUT2D eigenvalue weighted by Gasteiger charge is -2.26. The van der Waals surface area contributed by atoms with Gasteiger partial charge in [-0.15, -0.1) is 0 Å². The molecule has 2 aliphatic rings. The molecule has 0 spiro atoms. The summed E-state index contributed by atoms with van der Waals surface area (Å²) < 4.78 is 5.50. The topological polar surface area (TPSA) is 41.6 Å². The van der Waals surface area contributed by atoms with Crippen LogP contribution in [0.4, 0.5) is 11.4 Å². The van der Waals surface area contributed by atoms with Gasteiger partial charge in [-0.25, -0.2) is 0 Å². The van der Waals surface area contributed by atoms with E-state index in [4.69, 9.17) is 4.74 Å². The second kappa shape index (κ2) is 9.07. The number of para-hydroxylation sites is 2. The monoisotopic (exact) mass is 330 g/mol. The predicted octanol–water partition coefficient (Wildman–Crippen LogP) is 4.21. The molecule has 24 heavy (non-hydrogen) atoms. The Kier molecular flexibility index (Phi) is 6.53. The maximum Gasteiger partial charge on any atom is 0.224 e. The molecule has 0 radical (unpaired) electrons. The Bertz CT molecular complexity index is 518. The van der Waals surface area contributed by atoms with Gasteiger partial charge >= 0.3 is 0 Å². The lowest BCUT2D eigenvalue weighted by molar-refractivity contribution is -0.116. The summed E-state index contributed by atoms with van der Waals surface area (Å²) in [5.41, 5.74) is 2.14. The fourth-order valence-corrected chi connectivity index (χ4v) is 3.75. The highest BCUT2D eigenvalue weighted by atomic mass is 16.5. The molecule has 0 aliphatic carbocycles. The minimum atomic E-state index is 0.128. The summed E-state index contributed by atoms with van der Waals surface area (Å²) in [6.07, 6.45) is 8.94. The number of carbonyl (C=O) groups excluding carboxylic acids is 1. The van der Waals surface area contributed by atoms with E-state index in [-0.39, 0.29) is 5.91 Å². The molecule has 132 valence electrons. The number of carbonyl (C=O) groups is 1. The second-order valence-corrected chi connectivity index (χ2v) is 7.09. The summed E-state index contributed by atoms with van der Waals surface area (Å²) in [5.74, 6) is 0.674. The van der Waals surface area contributed by atoms with E-state index in [9.17, 15) is 4.79 Å². The number of benzene rings is 1. The first-order valence-electron chi connectivity index (χ1n) is 9.54. The van der Waals surface area contributed by atoms with Crippen LogP contribution in [0.5, 0.6) is 0 Å². The maximum absolute atomic E-state index is 12.4. The molecule has 1 N–H and O–H groups in total. The van der Waals surface area contributed by atoms with Gasteiger partial charge in [0.2, 0.25) is 5.91 Å². The number of ether oxygens (including phenoxy) is 1. The van der Waals surface area contributed by atoms with Gasteiger partial charge < -0.3 is 15.0 Å². The van der Waals surface area contributed by atoms with Crippen LogP contribution in [0.2, 0.25) is 0 Å². The van der Waals surface area contributed by atoms with Crippen LogP contribution in [-0.2, 0) is 9.53 Å². The number of nitrogens with one attached hydrogen (secondary N) is 1. The van der Waals surface area contributed by atoms with E-state index in [2.05, 4.69) is 22.3 Å². The zero-order valence-corrected chi connectivity index (χ0v) is 14.6. The van der Waals surface area contributed by atoms with Crippen molar-refractivity contribution in [3.63, 3.8) is 0 Å². The van der Waals surface area contributed by atoms with Gasteiger partial charge in [0, 0.05) is 32.7 Å². The largest absolute Gasteiger partial charge is 0.381 e. The van der Waals surface area contributed by atoms with Crippen LogP contribution in [0, 0.1) is 5.92 Å². The number of hydrogen-bond acceptors (Lipinski definition) is 3. The van der Waals surface area contributed by atoms with Crippen LogP contribution >= 0.6 is 0 Å². The molecule has 1 amide bonds. The molecule has 1 aromatic carbocycles. The number of nitrogens with zero attached hydrogens (tertiary/aromatic N) is 1. The molecular weight excluding hydrogens is 300 g/mol. The van der Waals surface area contributed by atoms with Crippen LogP contribution in [0.15, 0.2) is 24.3 Å². The van der Waals surface area contributed by atoms with Crippen molar-refractivity contribution in [1.29, 1.82) is 0 Å². The Morgan fingerprint density at radius 1 is 1.12 bits per heavy atom. The number of rotatable bonds is 5. The fraction of sp³-hybridized carbons (Fsp3) is 0.650. The Hall–Kier alpha value is -1.55. The number of hydrogen-bond donors (Lipinski definition) is 1. The Balaban J connectivity index is 1.56. The average molecular weight is 330 g/mol. The molecule has 2 fully saturated rings. The highest BCUT2D eigenvalue weighted by molar-refractivity contribution is 5.94. The van der Waals surface area contributed by atoms with Gasteiger partial charge in [0.05, 0.1) is 11.4 Å².